The number of rotatable bonds is 6. The molecule has 2 atom stereocenters. The van der Waals surface area contributed by atoms with Gasteiger partial charge in [0.25, 0.3) is 0 Å². The molecule has 0 bridgehead atoms. The molecule has 0 saturated heterocycles. The fraction of sp³-hybridized carbons (Fsp3) is 0.692. The summed E-state index contributed by atoms with van der Waals surface area (Å²) in [4.78, 5) is 0. The highest BCUT2D eigenvalue weighted by molar-refractivity contribution is 5.03. The molecule has 0 aromatic rings. The summed E-state index contributed by atoms with van der Waals surface area (Å²) < 4.78 is 0. The summed E-state index contributed by atoms with van der Waals surface area (Å²) in [6, 6.07) is 0. The molecule has 0 aliphatic carbocycles. The van der Waals surface area contributed by atoms with E-state index < -0.39 is 0 Å². The van der Waals surface area contributed by atoms with Crippen LogP contribution in [0.3, 0.4) is 0 Å². The first-order chi connectivity index (χ1) is 6.60. The maximum atomic E-state index is 10.6. The van der Waals surface area contributed by atoms with Crippen LogP contribution in [-0.2, 0) is 5.11 Å². The minimum Gasteiger partial charge on any atom is -0.236 e. The van der Waals surface area contributed by atoms with Crippen molar-refractivity contribution >= 4 is 0 Å². The fourth-order valence-electron chi connectivity index (χ4n) is 1.55. The van der Waals surface area contributed by atoms with Crippen molar-refractivity contribution in [2.75, 3.05) is 6.61 Å². The minimum absolute atomic E-state index is 0.00345. The van der Waals surface area contributed by atoms with Crippen molar-refractivity contribution in [1.29, 1.82) is 0 Å². The van der Waals surface area contributed by atoms with Gasteiger partial charge in [0.1, 0.15) is 0 Å². The summed E-state index contributed by atoms with van der Waals surface area (Å²) >= 11 is 0. The van der Waals surface area contributed by atoms with E-state index in [0.29, 0.717) is 5.92 Å². The SMILES string of the molecule is CCC=CC(C)CC(C)=CC(C)C[O]. The smallest absolute Gasteiger partial charge is 0.0882 e. The van der Waals surface area contributed by atoms with Crippen molar-refractivity contribution in [2.24, 2.45) is 11.8 Å². The molecule has 0 amide bonds. The zero-order chi connectivity index (χ0) is 11.0. The average Bonchev–Trinajstić information content (AvgIpc) is 2.14. The minimum atomic E-state index is -0.00345. The Kier molecular flexibility index (Phi) is 7.50. The fourth-order valence-corrected chi connectivity index (χ4v) is 1.55. The summed E-state index contributed by atoms with van der Waals surface area (Å²) in [5.41, 5.74) is 1.33. The molecule has 0 rings (SSSR count). The Morgan fingerprint density at radius 2 is 1.93 bits per heavy atom. The average molecular weight is 195 g/mol. The summed E-state index contributed by atoms with van der Waals surface area (Å²) in [5, 5.41) is 10.6. The lowest BCUT2D eigenvalue weighted by molar-refractivity contribution is 0.168. The standard InChI is InChI=1S/C13H23O/c1-5-6-7-11(2)8-12(3)9-13(4)10-14/h6-7,9,11,13H,5,8,10H2,1-4H3. The summed E-state index contributed by atoms with van der Waals surface area (Å²) in [6.45, 7) is 8.44. The molecule has 0 aliphatic rings. The lowest BCUT2D eigenvalue weighted by atomic mass is 9.98. The first-order valence-electron chi connectivity index (χ1n) is 5.52. The van der Waals surface area contributed by atoms with Gasteiger partial charge in [-0.3, -0.25) is 0 Å². The van der Waals surface area contributed by atoms with E-state index in [-0.39, 0.29) is 12.5 Å². The van der Waals surface area contributed by atoms with E-state index in [2.05, 4.69) is 39.0 Å². The molecule has 81 valence electrons. The van der Waals surface area contributed by atoms with Crippen LogP contribution in [0.2, 0.25) is 0 Å². The van der Waals surface area contributed by atoms with Crippen LogP contribution in [0.4, 0.5) is 0 Å². The molecule has 1 radical (unpaired) electrons. The Bertz CT molecular complexity index is 191. The molecular weight excluding hydrogens is 172 g/mol. The second-order valence-electron chi connectivity index (χ2n) is 4.17. The molecule has 0 aromatic heterocycles. The van der Waals surface area contributed by atoms with E-state index in [4.69, 9.17) is 0 Å². The Morgan fingerprint density at radius 1 is 1.29 bits per heavy atom. The molecule has 1 heteroatoms. The van der Waals surface area contributed by atoms with Crippen LogP contribution < -0.4 is 0 Å². The van der Waals surface area contributed by atoms with Crippen LogP contribution in [0.5, 0.6) is 0 Å². The highest BCUT2D eigenvalue weighted by atomic mass is 16.3. The van der Waals surface area contributed by atoms with E-state index >= 15 is 0 Å². The molecule has 1 nitrogen and oxygen atoms in total. The van der Waals surface area contributed by atoms with Crippen LogP contribution in [0.25, 0.3) is 0 Å². The molecular formula is C13H23O. The third kappa shape index (κ3) is 6.90. The van der Waals surface area contributed by atoms with Crippen molar-refractivity contribution in [3.8, 4) is 0 Å². The van der Waals surface area contributed by atoms with Gasteiger partial charge in [0, 0.05) is 5.92 Å². The lowest BCUT2D eigenvalue weighted by Gasteiger charge is -2.08. The van der Waals surface area contributed by atoms with Gasteiger partial charge in [0.15, 0.2) is 0 Å². The van der Waals surface area contributed by atoms with Crippen LogP contribution in [-0.4, -0.2) is 6.61 Å². The summed E-state index contributed by atoms with van der Waals surface area (Å²) in [7, 11) is 0. The third-order valence-corrected chi connectivity index (χ3v) is 2.18. The Labute approximate surface area is 88.5 Å². The van der Waals surface area contributed by atoms with Crippen molar-refractivity contribution < 1.29 is 5.11 Å². The molecule has 14 heavy (non-hydrogen) atoms. The second kappa shape index (κ2) is 7.81. The Morgan fingerprint density at radius 3 is 2.43 bits per heavy atom. The first kappa shape index (κ1) is 13.4. The van der Waals surface area contributed by atoms with Gasteiger partial charge >= 0.3 is 0 Å². The molecule has 0 fully saturated rings. The highest BCUT2D eigenvalue weighted by Crippen LogP contribution is 2.14. The third-order valence-electron chi connectivity index (χ3n) is 2.18. The van der Waals surface area contributed by atoms with E-state index in [9.17, 15) is 5.11 Å². The molecule has 0 saturated carbocycles. The van der Waals surface area contributed by atoms with Crippen LogP contribution in [0, 0.1) is 11.8 Å². The number of hydrogen-bond donors (Lipinski definition) is 0. The van der Waals surface area contributed by atoms with Crippen molar-refractivity contribution in [3.63, 3.8) is 0 Å². The molecule has 0 aromatic carbocycles. The molecule has 2 unspecified atom stereocenters. The van der Waals surface area contributed by atoms with Crippen molar-refractivity contribution in [3.05, 3.63) is 23.8 Å². The Balaban J connectivity index is 3.97. The first-order valence-corrected chi connectivity index (χ1v) is 5.52. The second-order valence-corrected chi connectivity index (χ2v) is 4.17. The van der Waals surface area contributed by atoms with Crippen molar-refractivity contribution in [2.45, 2.75) is 40.5 Å². The molecule has 0 spiro atoms. The van der Waals surface area contributed by atoms with E-state index in [1.54, 1.807) is 0 Å². The zero-order valence-electron chi connectivity index (χ0n) is 9.92. The Hall–Kier alpha value is -0.560. The van der Waals surface area contributed by atoms with E-state index in [0.717, 1.165) is 12.8 Å². The maximum Gasteiger partial charge on any atom is 0.0882 e. The quantitative estimate of drug-likeness (QED) is 0.571. The normalized spacial score (nSPS) is 17.4. The van der Waals surface area contributed by atoms with Gasteiger partial charge in [-0.05, 0) is 25.7 Å². The molecule has 0 N–H and O–H groups in total. The number of hydrogen-bond acceptors (Lipinski definition) is 0. The van der Waals surface area contributed by atoms with Gasteiger partial charge in [0.2, 0.25) is 0 Å². The van der Waals surface area contributed by atoms with Crippen LogP contribution in [0.15, 0.2) is 23.8 Å². The molecule has 0 heterocycles. The van der Waals surface area contributed by atoms with Gasteiger partial charge in [-0.15, -0.1) is 0 Å². The van der Waals surface area contributed by atoms with Crippen LogP contribution in [0.1, 0.15) is 40.5 Å². The van der Waals surface area contributed by atoms with Crippen LogP contribution >= 0.6 is 0 Å². The molecule has 0 aliphatic heterocycles. The predicted octanol–water partition coefficient (Wildman–Crippen LogP) is 3.99. The van der Waals surface area contributed by atoms with Gasteiger partial charge in [-0.1, -0.05) is 44.6 Å². The predicted molar refractivity (Wildman–Crippen MR) is 61.7 cm³/mol. The maximum absolute atomic E-state index is 10.6. The highest BCUT2D eigenvalue weighted by Gasteiger charge is 2.01. The van der Waals surface area contributed by atoms with Gasteiger partial charge in [-0.25, -0.2) is 5.11 Å². The van der Waals surface area contributed by atoms with Crippen molar-refractivity contribution in [1.82, 2.24) is 0 Å². The van der Waals surface area contributed by atoms with Gasteiger partial charge in [0.05, 0.1) is 6.61 Å². The topological polar surface area (TPSA) is 19.9 Å². The van der Waals surface area contributed by atoms with Gasteiger partial charge < -0.3 is 0 Å². The van der Waals surface area contributed by atoms with Gasteiger partial charge in [-0.2, -0.15) is 0 Å². The van der Waals surface area contributed by atoms with E-state index in [1.165, 1.54) is 5.57 Å². The van der Waals surface area contributed by atoms with E-state index in [1.807, 2.05) is 6.92 Å². The lowest BCUT2D eigenvalue weighted by Crippen LogP contribution is -1.98. The largest absolute Gasteiger partial charge is 0.236 e. The number of allylic oxidation sites excluding steroid dienone is 3. The monoisotopic (exact) mass is 195 g/mol. The zero-order valence-corrected chi connectivity index (χ0v) is 9.92. The summed E-state index contributed by atoms with van der Waals surface area (Å²) in [5.74, 6) is 0.766. The summed E-state index contributed by atoms with van der Waals surface area (Å²) in [6.07, 6.45) is 8.72.